The highest BCUT2D eigenvalue weighted by molar-refractivity contribution is 5.85. The van der Waals surface area contributed by atoms with Gasteiger partial charge in [-0.15, -0.1) is 0 Å². The van der Waals surface area contributed by atoms with Crippen molar-refractivity contribution in [1.29, 1.82) is 0 Å². The molecule has 1 unspecified atom stereocenters. The van der Waals surface area contributed by atoms with Crippen LogP contribution in [-0.2, 0) is 4.79 Å². The molecule has 0 aromatic heterocycles. The van der Waals surface area contributed by atoms with Gasteiger partial charge in [0.05, 0.1) is 0 Å². The van der Waals surface area contributed by atoms with E-state index in [-0.39, 0.29) is 5.92 Å². The Morgan fingerprint density at radius 2 is 2.25 bits per heavy atom. The number of hydrogen-bond acceptors (Lipinski definition) is 2. The molecule has 0 bridgehead atoms. The van der Waals surface area contributed by atoms with E-state index < -0.39 is 0 Å². The van der Waals surface area contributed by atoms with Gasteiger partial charge in [-0.2, -0.15) is 0 Å². The molecule has 0 spiro atoms. The predicted molar refractivity (Wildman–Crippen MR) is 50.1 cm³/mol. The lowest BCUT2D eigenvalue weighted by molar-refractivity contribution is -0.123. The molecule has 0 aromatic carbocycles. The number of Topliss-reactive ketones (excluding diaryl/α,β-unsaturated/α-hetero) is 1. The summed E-state index contributed by atoms with van der Waals surface area (Å²) in [5, 5.41) is 3.24. The van der Waals surface area contributed by atoms with Crippen LogP contribution in [0.25, 0.3) is 0 Å². The molecule has 1 saturated carbocycles. The third kappa shape index (κ3) is 2.94. The molecule has 1 aliphatic carbocycles. The number of rotatable bonds is 6. The molecule has 0 aromatic rings. The zero-order valence-electron chi connectivity index (χ0n) is 8.10. The Bertz CT molecular complexity index is 152. The van der Waals surface area contributed by atoms with E-state index in [4.69, 9.17) is 0 Å². The average molecular weight is 169 g/mol. The van der Waals surface area contributed by atoms with Crippen LogP contribution in [-0.4, -0.2) is 18.9 Å². The highest BCUT2D eigenvalue weighted by Crippen LogP contribution is 2.32. The largest absolute Gasteiger partial charge is 0.317 e. The van der Waals surface area contributed by atoms with Gasteiger partial charge in [0, 0.05) is 11.8 Å². The molecule has 1 rings (SSSR count). The van der Waals surface area contributed by atoms with Crippen molar-refractivity contribution < 1.29 is 4.79 Å². The first-order valence-corrected chi connectivity index (χ1v) is 5.00. The normalized spacial score (nSPS) is 19.2. The topological polar surface area (TPSA) is 29.1 Å². The maximum atomic E-state index is 11.5. The molecule has 0 amide bonds. The Kier molecular flexibility index (Phi) is 3.73. The van der Waals surface area contributed by atoms with Gasteiger partial charge in [-0.1, -0.05) is 13.8 Å². The van der Waals surface area contributed by atoms with E-state index in [9.17, 15) is 4.79 Å². The molecule has 0 saturated heterocycles. The molecule has 1 fully saturated rings. The van der Waals surface area contributed by atoms with Crippen LogP contribution in [0.1, 0.15) is 33.1 Å². The van der Waals surface area contributed by atoms with E-state index in [0.717, 1.165) is 32.4 Å². The van der Waals surface area contributed by atoms with Gasteiger partial charge in [0.25, 0.3) is 0 Å². The molecule has 0 heterocycles. The molecule has 70 valence electrons. The summed E-state index contributed by atoms with van der Waals surface area (Å²) in [4.78, 5) is 11.5. The minimum absolute atomic E-state index is 0.275. The molecule has 12 heavy (non-hydrogen) atoms. The number of ketones is 1. The Balaban J connectivity index is 2.09. The molecular formula is C10H19NO. The van der Waals surface area contributed by atoms with Gasteiger partial charge in [0.15, 0.2) is 0 Å². The summed E-state index contributed by atoms with van der Waals surface area (Å²) in [6.07, 6.45) is 3.29. The first-order valence-electron chi connectivity index (χ1n) is 5.00. The van der Waals surface area contributed by atoms with E-state index >= 15 is 0 Å². The lowest BCUT2D eigenvalue weighted by atomic mass is 9.99. The second-order valence-electron chi connectivity index (χ2n) is 3.72. The summed E-state index contributed by atoms with van der Waals surface area (Å²) in [5.74, 6) is 1.20. The molecule has 0 radical (unpaired) electrons. The SMILES string of the molecule is CCNCCC(C)C(=O)C1CC1. The zero-order chi connectivity index (χ0) is 8.97. The van der Waals surface area contributed by atoms with E-state index in [1.807, 2.05) is 0 Å². The van der Waals surface area contributed by atoms with Gasteiger partial charge < -0.3 is 5.32 Å². The van der Waals surface area contributed by atoms with E-state index in [0.29, 0.717) is 11.7 Å². The smallest absolute Gasteiger partial charge is 0.138 e. The second-order valence-corrected chi connectivity index (χ2v) is 3.72. The van der Waals surface area contributed by atoms with Crippen molar-refractivity contribution >= 4 is 5.78 Å². The van der Waals surface area contributed by atoms with Crippen LogP contribution in [0.15, 0.2) is 0 Å². The van der Waals surface area contributed by atoms with E-state index in [1.165, 1.54) is 0 Å². The summed E-state index contributed by atoms with van der Waals surface area (Å²) in [6.45, 7) is 6.13. The van der Waals surface area contributed by atoms with Crippen LogP contribution >= 0.6 is 0 Å². The predicted octanol–water partition coefficient (Wildman–Crippen LogP) is 1.60. The van der Waals surface area contributed by atoms with Crippen molar-refractivity contribution in [2.75, 3.05) is 13.1 Å². The van der Waals surface area contributed by atoms with Gasteiger partial charge in [0.2, 0.25) is 0 Å². The van der Waals surface area contributed by atoms with Crippen LogP contribution < -0.4 is 5.32 Å². The molecule has 2 heteroatoms. The van der Waals surface area contributed by atoms with E-state index in [1.54, 1.807) is 0 Å². The van der Waals surface area contributed by atoms with Crippen molar-refractivity contribution in [3.8, 4) is 0 Å². The van der Waals surface area contributed by atoms with Gasteiger partial charge in [-0.3, -0.25) is 4.79 Å². The van der Waals surface area contributed by atoms with Crippen LogP contribution in [0.3, 0.4) is 0 Å². The van der Waals surface area contributed by atoms with Crippen molar-refractivity contribution in [3.05, 3.63) is 0 Å². The fraction of sp³-hybridized carbons (Fsp3) is 0.900. The Hall–Kier alpha value is -0.370. The highest BCUT2D eigenvalue weighted by Gasteiger charge is 2.32. The van der Waals surface area contributed by atoms with Crippen LogP contribution in [0.5, 0.6) is 0 Å². The summed E-state index contributed by atoms with van der Waals surface area (Å²) in [7, 11) is 0. The van der Waals surface area contributed by atoms with Gasteiger partial charge in [-0.25, -0.2) is 0 Å². The summed E-state index contributed by atoms with van der Waals surface area (Å²) < 4.78 is 0. The number of carbonyl (C=O) groups excluding carboxylic acids is 1. The lowest BCUT2D eigenvalue weighted by Gasteiger charge is -2.09. The third-order valence-corrected chi connectivity index (χ3v) is 2.47. The summed E-state index contributed by atoms with van der Waals surface area (Å²) in [5.41, 5.74) is 0. The maximum Gasteiger partial charge on any atom is 0.138 e. The molecule has 1 N–H and O–H groups in total. The molecule has 1 aliphatic rings. The van der Waals surface area contributed by atoms with Gasteiger partial charge in [0.1, 0.15) is 5.78 Å². The average Bonchev–Trinajstić information content (AvgIpc) is 2.86. The molecule has 2 nitrogen and oxygen atoms in total. The quantitative estimate of drug-likeness (QED) is 0.612. The van der Waals surface area contributed by atoms with Gasteiger partial charge >= 0.3 is 0 Å². The first-order chi connectivity index (χ1) is 5.75. The number of carbonyl (C=O) groups is 1. The standard InChI is InChI=1S/C10H19NO/c1-3-11-7-6-8(2)10(12)9-4-5-9/h8-9,11H,3-7H2,1-2H3. The molecule has 1 atom stereocenters. The minimum Gasteiger partial charge on any atom is -0.317 e. The third-order valence-electron chi connectivity index (χ3n) is 2.47. The Morgan fingerprint density at radius 3 is 2.75 bits per heavy atom. The van der Waals surface area contributed by atoms with Crippen LogP contribution in [0, 0.1) is 11.8 Å². The summed E-state index contributed by atoms with van der Waals surface area (Å²) >= 11 is 0. The Morgan fingerprint density at radius 1 is 1.58 bits per heavy atom. The number of nitrogens with one attached hydrogen (secondary N) is 1. The highest BCUT2D eigenvalue weighted by atomic mass is 16.1. The van der Waals surface area contributed by atoms with Crippen molar-refractivity contribution in [2.45, 2.75) is 33.1 Å². The molecular weight excluding hydrogens is 150 g/mol. The second kappa shape index (κ2) is 4.61. The summed E-state index contributed by atoms with van der Waals surface area (Å²) in [6, 6.07) is 0. The Labute approximate surface area is 74.7 Å². The van der Waals surface area contributed by atoms with Crippen LogP contribution in [0.2, 0.25) is 0 Å². The minimum atomic E-state index is 0.275. The molecule has 0 aliphatic heterocycles. The van der Waals surface area contributed by atoms with Crippen molar-refractivity contribution in [3.63, 3.8) is 0 Å². The van der Waals surface area contributed by atoms with Gasteiger partial charge in [-0.05, 0) is 32.4 Å². The van der Waals surface area contributed by atoms with Crippen molar-refractivity contribution in [2.24, 2.45) is 11.8 Å². The number of hydrogen-bond donors (Lipinski definition) is 1. The van der Waals surface area contributed by atoms with E-state index in [2.05, 4.69) is 19.2 Å². The fourth-order valence-electron chi connectivity index (χ4n) is 1.41. The van der Waals surface area contributed by atoms with Crippen molar-refractivity contribution in [1.82, 2.24) is 5.32 Å². The lowest BCUT2D eigenvalue weighted by Crippen LogP contribution is -2.21. The first kappa shape index (κ1) is 9.72. The zero-order valence-corrected chi connectivity index (χ0v) is 8.10. The monoisotopic (exact) mass is 169 g/mol. The maximum absolute atomic E-state index is 11.5. The van der Waals surface area contributed by atoms with Crippen LogP contribution in [0.4, 0.5) is 0 Å². The fourth-order valence-corrected chi connectivity index (χ4v) is 1.41.